The van der Waals surface area contributed by atoms with Crippen molar-refractivity contribution < 1.29 is 23.1 Å². The highest BCUT2D eigenvalue weighted by atomic mass is 32.2. The van der Waals surface area contributed by atoms with Gasteiger partial charge in [0.1, 0.15) is 12.2 Å². The van der Waals surface area contributed by atoms with E-state index in [1.165, 1.54) is 37.4 Å². The van der Waals surface area contributed by atoms with Crippen LogP contribution >= 0.6 is 0 Å². The highest BCUT2D eigenvalue weighted by molar-refractivity contribution is 7.91. The number of nitrogens with one attached hydrogen (secondary N) is 1. The number of hydrogen-bond acceptors (Lipinski definition) is 6. The molecule has 0 spiro atoms. The number of carboxylic acids is 1. The monoisotopic (exact) mass is 352 g/mol. The topological polar surface area (TPSA) is 131 Å². The SMILES string of the molecule is CCS(=O)(=O)c1cccc(C(=O)NCc2cn(CC(=O)O)nn2)c1. The number of carbonyl (C=O) groups is 2. The molecule has 1 heterocycles. The molecule has 10 heteroatoms. The Kier molecular flexibility index (Phi) is 5.29. The van der Waals surface area contributed by atoms with Crippen LogP contribution < -0.4 is 5.32 Å². The second kappa shape index (κ2) is 7.21. The van der Waals surface area contributed by atoms with Crippen molar-refractivity contribution in [3.05, 3.63) is 41.7 Å². The van der Waals surface area contributed by atoms with Crippen LogP contribution in [0.3, 0.4) is 0 Å². The van der Waals surface area contributed by atoms with Crippen LogP contribution in [0, 0.1) is 0 Å². The van der Waals surface area contributed by atoms with Gasteiger partial charge in [-0.3, -0.25) is 9.59 Å². The van der Waals surface area contributed by atoms with Crippen LogP contribution in [0.1, 0.15) is 23.0 Å². The van der Waals surface area contributed by atoms with Crippen LogP contribution in [0.4, 0.5) is 0 Å². The maximum atomic E-state index is 12.1. The number of nitrogens with zero attached hydrogens (tertiary/aromatic N) is 3. The number of sulfone groups is 1. The maximum Gasteiger partial charge on any atom is 0.325 e. The first-order chi connectivity index (χ1) is 11.3. The first-order valence-electron chi connectivity index (χ1n) is 7.03. The van der Waals surface area contributed by atoms with Gasteiger partial charge >= 0.3 is 5.97 Å². The molecule has 0 radical (unpaired) electrons. The molecule has 128 valence electrons. The van der Waals surface area contributed by atoms with Gasteiger partial charge in [-0.15, -0.1) is 5.10 Å². The molecule has 2 rings (SSSR count). The van der Waals surface area contributed by atoms with E-state index in [1.807, 2.05) is 0 Å². The largest absolute Gasteiger partial charge is 0.480 e. The summed E-state index contributed by atoms with van der Waals surface area (Å²) >= 11 is 0. The first-order valence-corrected chi connectivity index (χ1v) is 8.69. The second-order valence-corrected chi connectivity index (χ2v) is 7.19. The van der Waals surface area contributed by atoms with Crippen LogP contribution in [0.5, 0.6) is 0 Å². The van der Waals surface area contributed by atoms with Crippen molar-refractivity contribution in [2.24, 2.45) is 0 Å². The van der Waals surface area contributed by atoms with E-state index >= 15 is 0 Å². The van der Waals surface area contributed by atoms with Gasteiger partial charge in [-0.25, -0.2) is 13.1 Å². The molecule has 24 heavy (non-hydrogen) atoms. The van der Waals surface area contributed by atoms with Crippen LogP contribution in [-0.4, -0.2) is 46.1 Å². The van der Waals surface area contributed by atoms with Crippen molar-refractivity contribution in [3.8, 4) is 0 Å². The second-order valence-electron chi connectivity index (χ2n) is 4.92. The summed E-state index contributed by atoms with van der Waals surface area (Å²) in [4.78, 5) is 22.8. The average molecular weight is 352 g/mol. The maximum absolute atomic E-state index is 12.1. The van der Waals surface area contributed by atoms with Crippen molar-refractivity contribution in [1.82, 2.24) is 20.3 Å². The number of rotatable bonds is 7. The average Bonchev–Trinajstić information content (AvgIpc) is 2.99. The molecule has 1 amide bonds. The molecule has 0 saturated carbocycles. The van der Waals surface area contributed by atoms with Crippen molar-refractivity contribution in [2.45, 2.75) is 24.9 Å². The first kappa shape index (κ1) is 17.6. The van der Waals surface area contributed by atoms with Crippen molar-refractivity contribution in [3.63, 3.8) is 0 Å². The molecule has 0 saturated heterocycles. The van der Waals surface area contributed by atoms with Crippen LogP contribution in [0.25, 0.3) is 0 Å². The van der Waals surface area contributed by atoms with Gasteiger partial charge in [0.15, 0.2) is 9.84 Å². The van der Waals surface area contributed by atoms with E-state index in [2.05, 4.69) is 15.6 Å². The quantitative estimate of drug-likeness (QED) is 0.721. The summed E-state index contributed by atoms with van der Waals surface area (Å²) in [6.07, 6.45) is 1.41. The third-order valence-corrected chi connectivity index (χ3v) is 4.88. The summed E-state index contributed by atoms with van der Waals surface area (Å²) in [5.74, 6) is -1.56. The van der Waals surface area contributed by atoms with E-state index in [4.69, 9.17) is 5.11 Å². The lowest BCUT2D eigenvalue weighted by molar-refractivity contribution is -0.137. The van der Waals surface area contributed by atoms with Gasteiger partial charge in [0, 0.05) is 5.56 Å². The number of aromatic nitrogens is 3. The lowest BCUT2D eigenvalue weighted by atomic mass is 10.2. The number of carbonyl (C=O) groups excluding carboxylic acids is 1. The molecular formula is C14H16N4O5S. The van der Waals surface area contributed by atoms with Gasteiger partial charge < -0.3 is 10.4 Å². The molecular weight excluding hydrogens is 336 g/mol. The number of amides is 1. The lowest BCUT2D eigenvalue weighted by Crippen LogP contribution is -2.23. The van der Waals surface area contributed by atoms with Gasteiger partial charge in [-0.1, -0.05) is 18.2 Å². The summed E-state index contributed by atoms with van der Waals surface area (Å²) in [7, 11) is -3.39. The molecule has 0 aliphatic heterocycles. The molecule has 2 N–H and O–H groups in total. The van der Waals surface area contributed by atoms with Crippen LogP contribution in [0.2, 0.25) is 0 Å². The van der Waals surface area contributed by atoms with Crippen LogP contribution in [-0.2, 0) is 27.7 Å². The molecule has 2 aromatic rings. The Morgan fingerprint density at radius 3 is 2.75 bits per heavy atom. The molecule has 0 atom stereocenters. The third-order valence-electron chi connectivity index (χ3n) is 3.15. The van der Waals surface area contributed by atoms with Crippen molar-refractivity contribution >= 4 is 21.7 Å². The Hall–Kier alpha value is -2.75. The number of carboxylic acid groups (broad SMARTS) is 1. The van der Waals surface area contributed by atoms with Gasteiger partial charge in [0.2, 0.25) is 0 Å². The smallest absolute Gasteiger partial charge is 0.325 e. The normalized spacial score (nSPS) is 11.2. The summed E-state index contributed by atoms with van der Waals surface area (Å²) in [6.45, 7) is 1.25. The summed E-state index contributed by atoms with van der Waals surface area (Å²) in [5, 5.41) is 18.6. The fraction of sp³-hybridized carbons (Fsp3) is 0.286. The number of hydrogen-bond donors (Lipinski definition) is 2. The van der Waals surface area contributed by atoms with Gasteiger partial charge in [-0.2, -0.15) is 0 Å². The highest BCUT2D eigenvalue weighted by Gasteiger charge is 2.14. The molecule has 1 aromatic heterocycles. The molecule has 0 unspecified atom stereocenters. The fourth-order valence-corrected chi connectivity index (χ4v) is 2.83. The number of benzene rings is 1. The predicted molar refractivity (Wildman–Crippen MR) is 83.0 cm³/mol. The zero-order valence-electron chi connectivity index (χ0n) is 12.8. The Bertz CT molecular complexity index is 860. The van der Waals surface area contributed by atoms with E-state index in [-0.39, 0.29) is 29.3 Å². The minimum absolute atomic E-state index is 0.0448. The van der Waals surface area contributed by atoms with Crippen molar-refractivity contribution in [2.75, 3.05) is 5.75 Å². The Balaban J connectivity index is 2.04. The van der Waals surface area contributed by atoms with E-state index in [9.17, 15) is 18.0 Å². The summed E-state index contributed by atoms with van der Waals surface area (Å²) in [5.41, 5.74) is 0.601. The minimum Gasteiger partial charge on any atom is -0.480 e. The van der Waals surface area contributed by atoms with E-state index in [1.54, 1.807) is 0 Å². The summed E-state index contributed by atoms with van der Waals surface area (Å²) < 4.78 is 24.8. The number of aliphatic carboxylic acids is 1. The fourth-order valence-electron chi connectivity index (χ4n) is 1.91. The van der Waals surface area contributed by atoms with Gasteiger partial charge in [0.05, 0.1) is 23.4 Å². The molecule has 0 aliphatic rings. The highest BCUT2D eigenvalue weighted by Crippen LogP contribution is 2.13. The molecule has 0 aliphatic carbocycles. The van der Waals surface area contributed by atoms with Crippen molar-refractivity contribution in [1.29, 1.82) is 0 Å². The standard InChI is InChI=1S/C14H16N4O5S/c1-2-24(22,23)12-5-3-4-10(6-12)14(21)15-7-11-8-18(17-16-11)9-13(19)20/h3-6,8H,2,7,9H2,1H3,(H,15,21)(H,19,20). The Labute approximate surface area is 138 Å². The molecule has 9 nitrogen and oxygen atoms in total. The van der Waals surface area contributed by atoms with E-state index in [0.717, 1.165) is 4.68 Å². The van der Waals surface area contributed by atoms with Gasteiger partial charge in [0.25, 0.3) is 5.91 Å². The minimum atomic E-state index is -3.39. The van der Waals surface area contributed by atoms with E-state index in [0.29, 0.717) is 5.69 Å². The van der Waals surface area contributed by atoms with E-state index < -0.39 is 21.7 Å². The van der Waals surface area contributed by atoms with Gasteiger partial charge in [-0.05, 0) is 18.2 Å². The zero-order chi connectivity index (χ0) is 17.7. The molecule has 0 fully saturated rings. The summed E-state index contributed by atoms with van der Waals surface area (Å²) in [6, 6.07) is 5.76. The lowest BCUT2D eigenvalue weighted by Gasteiger charge is -2.06. The third kappa shape index (κ3) is 4.38. The molecule has 1 aromatic carbocycles. The Morgan fingerprint density at radius 1 is 1.33 bits per heavy atom. The zero-order valence-corrected chi connectivity index (χ0v) is 13.7. The Morgan fingerprint density at radius 2 is 2.08 bits per heavy atom. The predicted octanol–water partition coefficient (Wildman–Crippen LogP) is 0.0863. The molecule has 0 bridgehead atoms. The van der Waals surface area contributed by atoms with Crippen LogP contribution in [0.15, 0.2) is 35.4 Å².